The van der Waals surface area contributed by atoms with Crippen LogP contribution in [-0.4, -0.2) is 57.3 Å². The number of piperidine rings is 1. The van der Waals surface area contributed by atoms with Crippen LogP contribution >= 0.6 is 0 Å². The molecule has 1 amide bonds. The van der Waals surface area contributed by atoms with Gasteiger partial charge in [0.2, 0.25) is 11.7 Å². The average molecular weight is 544 g/mol. The summed E-state index contributed by atoms with van der Waals surface area (Å²) in [6, 6.07) is 5.38. The van der Waals surface area contributed by atoms with Gasteiger partial charge in [-0.3, -0.25) is 9.78 Å². The van der Waals surface area contributed by atoms with Crippen molar-refractivity contribution in [2.75, 3.05) is 31.6 Å². The quantitative estimate of drug-likeness (QED) is 0.462. The Morgan fingerprint density at radius 2 is 1.95 bits per heavy atom. The standard InChI is InChI=1S/C26H25F4N7O2/c1-39-19-5-4-17-22(21(19)27)32-11-15(10-31)23(17)35-7-6-16(18(12-35)14-2-3-14)24(38)36-8-9-37-20(13-36)33-34-25(37)26(28,29)30/h4-5,11,14,16,18H,2-3,6-9,12-13H2,1H3/t16-,18?/m0/s1. The van der Waals surface area contributed by atoms with Gasteiger partial charge < -0.3 is 19.1 Å². The molecule has 2 atom stereocenters. The first kappa shape index (κ1) is 25.3. The molecule has 2 aromatic heterocycles. The Morgan fingerprint density at radius 3 is 2.64 bits per heavy atom. The predicted octanol–water partition coefficient (Wildman–Crippen LogP) is 3.76. The molecule has 0 spiro atoms. The molecule has 0 radical (unpaired) electrons. The number of hydrogen-bond donors (Lipinski definition) is 0. The third kappa shape index (κ3) is 4.31. The molecule has 13 heteroatoms. The van der Waals surface area contributed by atoms with Crippen LogP contribution in [0.3, 0.4) is 0 Å². The number of carbonyl (C=O) groups excluding carboxylic acids is 1. The van der Waals surface area contributed by atoms with E-state index in [0.717, 1.165) is 17.4 Å². The molecule has 6 rings (SSSR count). The van der Waals surface area contributed by atoms with Crippen LogP contribution in [0.4, 0.5) is 23.2 Å². The lowest BCUT2D eigenvalue weighted by Gasteiger charge is -2.42. The second kappa shape index (κ2) is 9.36. The van der Waals surface area contributed by atoms with Gasteiger partial charge in [0.15, 0.2) is 17.4 Å². The molecule has 1 saturated heterocycles. The van der Waals surface area contributed by atoms with Crippen LogP contribution in [0.5, 0.6) is 5.75 Å². The minimum Gasteiger partial charge on any atom is -0.494 e. The van der Waals surface area contributed by atoms with Crippen LogP contribution in [-0.2, 0) is 24.1 Å². The summed E-state index contributed by atoms with van der Waals surface area (Å²) in [5.41, 5.74) is 1.02. The molecule has 1 aromatic carbocycles. The van der Waals surface area contributed by atoms with Crippen LogP contribution < -0.4 is 9.64 Å². The number of alkyl halides is 3. The van der Waals surface area contributed by atoms with Crippen LogP contribution in [0, 0.1) is 34.9 Å². The summed E-state index contributed by atoms with van der Waals surface area (Å²) in [4.78, 5) is 21.5. The highest BCUT2D eigenvalue weighted by Gasteiger charge is 2.46. The van der Waals surface area contributed by atoms with Gasteiger partial charge in [0, 0.05) is 43.7 Å². The summed E-state index contributed by atoms with van der Waals surface area (Å²) in [5.74, 6) is -1.52. The maximum atomic E-state index is 15.0. The Labute approximate surface area is 221 Å². The number of ether oxygens (including phenoxy) is 1. The highest BCUT2D eigenvalue weighted by atomic mass is 19.4. The van der Waals surface area contributed by atoms with Crippen molar-refractivity contribution >= 4 is 22.5 Å². The van der Waals surface area contributed by atoms with E-state index in [2.05, 4.69) is 21.3 Å². The lowest BCUT2D eigenvalue weighted by molar-refractivity contribution is -0.148. The summed E-state index contributed by atoms with van der Waals surface area (Å²) in [5, 5.41) is 17.3. The Hall–Kier alpha value is -3.95. The van der Waals surface area contributed by atoms with Gasteiger partial charge in [-0.2, -0.15) is 18.4 Å². The van der Waals surface area contributed by atoms with E-state index in [1.807, 2.05) is 4.90 Å². The molecular weight excluding hydrogens is 518 g/mol. The molecule has 39 heavy (non-hydrogen) atoms. The highest BCUT2D eigenvalue weighted by Crippen LogP contribution is 2.46. The van der Waals surface area contributed by atoms with Crippen molar-refractivity contribution in [3.05, 3.63) is 41.4 Å². The van der Waals surface area contributed by atoms with E-state index in [1.165, 1.54) is 19.4 Å². The largest absolute Gasteiger partial charge is 0.494 e. The maximum absolute atomic E-state index is 15.0. The maximum Gasteiger partial charge on any atom is 0.451 e. The Morgan fingerprint density at radius 1 is 1.15 bits per heavy atom. The monoisotopic (exact) mass is 543 g/mol. The lowest BCUT2D eigenvalue weighted by Crippen LogP contribution is -2.50. The Balaban J connectivity index is 1.26. The van der Waals surface area contributed by atoms with Crippen molar-refractivity contribution in [3.63, 3.8) is 0 Å². The van der Waals surface area contributed by atoms with E-state index >= 15 is 4.39 Å². The van der Waals surface area contributed by atoms with Gasteiger partial charge in [-0.15, -0.1) is 10.2 Å². The number of pyridine rings is 1. The van der Waals surface area contributed by atoms with Gasteiger partial charge in [-0.1, -0.05) is 0 Å². The molecule has 204 valence electrons. The van der Waals surface area contributed by atoms with Crippen molar-refractivity contribution in [1.82, 2.24) is 24.6 Å². The number of fused-ring (bicyclic) bond motifs is 2. The molecule has 2 aliphatic heterocycles. The van der Waals surface area contributed by atoms with Crippen molar-refractivity contribution in [2.24, 2.45) is 17.8 Å². The van der Waals surface area contributed by atoms with Crippen LogP contribution in [0.2, 0.25) is 0 Å². The topological polar surface area (TPSA) is 100 Å². The normalized spacial score (nSPS) is 21.5. The van der Waals surface area contributed by atoms with E-state index in [1.54, 1.807) is 11.0 Å². The van der Waals surface area contributed by atoms with Crippen LogP contribution in [0.25, 0.3) is 10.9 Å². The zero-order valence-electron chi connectivity index (χ0n) is 21.1. The number of carbonyl (C=O) groups is 1. The molecule has 3 aliphatic rings. The molecule has 2 fully saturated rings. The summed E-state index contributed by atoms with van der Waals surface area (Å²) in [6.45, 7) is 1.08. The number of rotatable bonds is 4. The van der Waals surface area contributed by atoms with Crippen molar-refractivity contribution in [2.45, 2.75) is 38.5 Å². The highest BCUT2D eigenvalue weighted by molar-refractivity contribution is 5.95. The molecule has 4 heterocycles. The van der Waals surface area contributed by atoms with E-state index in [0.29, 0.717) is 42.1 Å². The molecule has 9 nitrogen and oxygen atoms in total. The molecule has 1 saturated carbocycles. The fraction of sp³-hybridized carbons (Fsp3) is 0.500. The number of methoxy groups -OCH3 is 1. The van der Waals surface area contributed by atoms with Gasteiger partial charge in [0.05, 0.1) is 24.9 Å². The number of aromatic nitrogens is 4. The molecule has 0 bridgehead atoms. The zero-order valence-corrected chi connectivity index (χ0v) is 21.1. The smallest absolute Gasteiger partial charge is 0.451 e. The van der Waals surface area contributed by atoms with Crippen molar-refractivity contribution in [3.8, 4) is 11.8 Å². The van der Waals surface area contributed by atoms with E-state index in [9.17, 15) is 23.2 Å². The summed E-state index contributed by atoms with van der Waals surface area (Å²) in [7, 11) is 1.37. The third-order valence-corrected chi connectivity index (χ3v) is 8.09. The number of amides is 1. The average Bonchev–Trinajstić information content (AvgIpc) is 3.69. The number of benzene rings is 1. The first-order valence-electron chi connectivity index (χ1n) is 12.8. The lowest BCUT2D eigenvalue weighted by atomic mass is 9.80. The molecular formula is C26H25F4N7O2. The fourth-order valence-electron chi connectivity index (χ4n) is 6.06. The van der Waals surface area contributed by atoms with E-state index in [-0.39, 0.29) is 54.5 Å². The second-order valence-electron chi connectivity index (χ2n) is 10.3. The van der Waals surface area contributed by atoms with Gasteiger partial charge >= 0.3 is 6.18 Å². The van der Waals surface area contributed by atoms with E-state index < -0.39 is 17.8 Å². The van der Waals surface area contributed by atoms with Crippen molar-refractivity contribution < 1.29 is 27.1 Å². The van der Waals surface area contributed by atoms with Crippen LogP contribution in [0.15, 0.2) is 18.3 Å². The van der Waals surface area contributed by atoms with E-state index in [4.69, 9.17) is 4.74 Å². The predicted molar refractivity (Wildman–Crippen MR) is 130 cm³/mol. The molecule has 1 aliphatic carbocycles. The molecule has 3 aromatic rings. The van der Waals surface area contributed by atoms with Gasteiger partial charge in [0.25, 0.3) is 0 Å². The Kier molecular flexibility index (Phi) is 6.08. The first-order valence-corrected chi connectivity index (χ1v) is 12.8. The number of hydrogen-bond acceptors (Lipinski definition) is 7. The first-order chi connectivity index (χ1) is 18.7. The summed E-state index contributed by atoms with van der Waals surface area (Å²) < 4.78 is 60.8. The number of halogens is 4. The number of anilines is 1. The summed E-state index contributed by atoms with van der Waals surface area (Å²) >= 11 is 0. The Bertz CT molecular complexity index is 1490. The minimum atomic E-state index is -4.60. The minimum absolute atomic E-state index is 0.00497. The second-order valence-corrected chi connectivity index (χ2v) is 10.3. The van der Waals surface area contributed by atoms with Crippen molar-refractivity contribution in [1.29, 1.82) is 5.26 Å². The molecule has 0 N–H and O–H groups in total. The van der Waals surface area contributed by atoms with Gasteiger partial charge in [-0.05, 0) is 43.2 Å². The van der Waals surface area contributed by atoms with Gasteiger partial charge in [-0.25, -0.2) is 4.39 Å². The van der Waals surface area contributed by atoms with Gasteiger partial charge in [0.1, 0.15) is 11.6 Å². The SMILES string of the molecule is COc1ccc2c(N3CC[C@H](C(=O)N4CCn5c(nnc5C(F)(F)F)C4)C(C4CC4)C3)c(C#N)cnc2c1F. The zero-order chi connectivity index (χ0) is 27.5. The van der Waals surface area contributed by atoms with Crippen LogP contribution in [0.1, 0.15) is 36.5 Å². The molecule has 1 unspecified atom stereocenters. The summed E-state index contributed by atoms with van der Waals surface area (Å²) in [6.07, 6.45) is -0.763. The fourth-order valence-corrected chi connectivity index (χ4v) is 6.06. The third-order valence-electron chi connectivity index (χ3n) is 8.09. The number of nitriles is 1. The number of nitrogens with zero attached hydrogens (tertiary/aromatic N) is 7.